The van der Waals surface area contributed by atoms with E-state index in [2.05, 4.69) is 42.1 Å². The van der Waals surface area contributed by atoms with Crippen molar-refractivity contribution in [2.45, 2.75) is 58.7 Å². The minimum absolute atomic E-state index is 0.305. The number of nitrogens with zero attached hydrogens (tertiary/aromatic N) is 3. The summed E-state index contributed by atoms with van der Waals surface area (Å²) in [5, 5.41) is 0. The molecule has 19 heavy (non-hydrogen) atoms. The minimum Gasteiger partial charge on any atom is -0.331 e. The Kier molecular flexibility index (Phi) is 4.63. The molecule has 0 radical (unpaired) electrons. The fourth-order valence-electron chi connectivity index (χ4n) is 3.35. The maximum Gasteiger partial charge on any atom is 0.0951 e. The van der Waals surface area contributed by atoms with Crippen LogP contribution >= 0.6 is 0 Å². The van der Waals surface area contributed by atoms with E-state index >= 15 is 0 Å². The maximum absolute atomic E-state index is 6.09. The van der Waals surface area contributed by atoms with Crippen LogP contribution in [-0.4, -0.2) is 33.6 Å². The number of imidazole rings is 1. The Labute approximate surface area is 117 Å². The molecule has 2 heterocycles. The maximum atomic E-state index is 6.09. The molecular weight excluding hydrogens is 236 g/mol. The van der Waals surface area contributed by atoms with Crippen LogP contribution in [0, 0.1) is 5.92 Å². The fourth-order valence-corrected chi connectivity index (χ4v) is 3.35. The summed E-state index contributed by atoms with van der Waals surface area (Å²) < 4.78 is 2.26. The molecule has 0 spiro atoms. The third-order valence-electron chi connectivity index (χ3n) is 4.33. The highest BCUT2D eigenvalue weighted by Gasteiger charge is 2.34. The van der Waals surface area contributed by atoms with Gasteiger partial charge in [0, 0.05) is 24.8 Å². The molecule has 1 saturated heterocycles. The molecule has 4 heteroatoms. The molecule has 0 aromatic carbocycles. The number of rotatable bonds is 5. The Morgan fingerprint density at radius 2 is 2.11 bits per heavy atom. The smallest absolute Gasteiger partial charge is 0.0951 e. The molecule has 0 saturated carbocycles. The molecule has 4 nitrogen and oxygen atoms in total. The zero-order chi connectivity index (χ0) is 14.0. The molecule has 2 unspecified atom stereocenters. The highest BCUT2D eigenvalue weighted by Crippen LogP contribution is 2.32. The third-order valence-corrected chi connectivity index (χ3v) is 4.33. The summed E-state index contributed by atoms with van der Waals surface area (Å²) in [5.41, 5.74) is 7.36. The number of hydrogen-bond donors (Lipinski definition) is 1. The summed E-state index contributed by atoms with van der Waals surface area (Å²) in [6, 6.07) is 1.40. The van der Waals surface area contributed by atoms with E-state index in [4.69, 9.17) is 5.73 Å². The van der Waals surface area contributed by atoms with E-state index in [-0.39, 0.29) is 0 Å². The van der Waals surface area contributed by atoms with E-state index < -0.39 is 0 Å². The van der Waals surface area contributed by atoms with E-state index in [1.165, 1.54) is 18.5 Å². The first-order chi connectivity index (χ1) is 9.06. The molecule has 2 atom stereocenters. The number of likely N-dealkylation sites (tertiary alicyclic amines) is 1. The normalized spacial score (nSPS) is 22.6. The monoisotopic (exact) mass is 264 g/mol. The van der Waals surface area contributed by atoms with Crippen molar-refractivity contribution >= 4 is 0 Å². The Hall–Kier alpha value is -0.870. The lowest BCUT2D eigenvalue weighted by Crippen LogP contribution is -2.40. The van der Waals surface area contributed by atoms with Gasteiger partial charge in [-0.15, -0.1) is 0 Å². The quantitative estimate of drug-likeness (QED) is 0.889. The molecule has 2 rings (SSSR count). The molecule has 0 aliphatic carbocycles. The van der Waals surface area contributed by atoms with Crippen molar-refractivity contribution in [2.24, 2.45) is 11.7 Å². The second-order valence-corrected chi connectivity index (χ2v) is 6.26. The Morgan fingerprint density at radius 1 is 1.37 bits per heavy atom. The predicted octanol–water partition coefficient (Wildman–Crippen LogP) is 2.58. The first kappa shape index (κ1) is 14.5. The fraction of sp³-hybridized carbons (Fsp3) is 0.800. The molecule has 0 amide bonds. The van der Waals surface area contributed by atoms with Gasteiger partial charge in [0.2, 0.25) is 0 Å². The van der Waals surface area contributed by atoms with Gasteiger partial charge in [-0.1, -0.05) is 13.8 Å². The first-order valence-corrected chi connectivity index (χ1v) is 7.53. The van der Waals surface area contributed by atoms with Crippen molar-refractivity contribution in [2.75, 3.05) is 13.1 Å². The lowest BCUT2D eigenvalue weighted by Gasteiger charge is -2.35. The third kappa shape index (κ3) is 2.84. The standard InChI is InChI=1S/C15H28N4/c1-11(2)13-6-5-7-18(13)14(8-16)15-9-17-10-19(15)12(3)4/h9-14H,5-8,16H2,1-4H3. The van der Waals surface area contributed by atoms with Gasteiger partial charge >= 0.3 is 0 Å². The van der Waals surface area contributed by atoms with Crippen molar-refractivity contribution in [1.29, 1.82) is 0 Å². The summed E-state index contributed by atoms with van der Waals surface area (Å²) in [7, 11) is 0. The Morgan fingerprint density at radius 3 is 2.68 bits per heavy atom. The van der Waals surface area contributed by atoms with Gasteiger partial charge in [-0.25, -0.2) is 4.98 Å². The van der Waals surface area contributed by atoms with Gasteiger partial charge in [0.25, 0.3) is 0 Å². The van der Waals surface area contributed by atoms with Gasteiger partial charge in [-0.3, -0.25) is 4.90 Å². The SMILES string of the molecule is CC(C)C1CCCN1C(CN)c1cncn1C(C)C. The van der Waals surface area contributed by atoms with Crippen molar-refractivity contribution in [3.05, 3.63) is 18.2 Å². The van der Waals surface area contributed by atoms with Crippen molar-refractivity contribution in [1.82, 2.24) is 14.5 Å². The van der Waals surface area contributed by atoms with Crippen LogP contribution in [0.5, 0.6) is 0 Å². The number of hydrogen-bond acceptors (Lipinski definition) is 3. The molecule has 2 N–H and O–H groups in total. The molecule has 1 aromatic heterocycles. The zero-order valence-corrected chi connectivity index (χ0v) is 12.7. The van der Waals surface area contributed by atoms with Crippen LogP contribution in [0.3, 0.4) is 0 Å². The highest BCUT2D eigenvalue weighted by molar-refractivity contribution is 5.09. The summed E-state index contributed by atoms with van der Waals surface area (Å²) in [6.07, 6.45) is 6.51. The number of nitrogens with two attached hydrogens (primary N) is 1. The van der Waals surface area contributed by atoms with E-state index in [0.717, 1.165) is 6.54 Å². The highest BCUT2D eigenvalue weighted by atomic mass is 15.2. The second kappa shape index (κ2) is 6.06. The van der Waals surface area contributed by atoms with Crippen molar-refractivity contribution < 1.29 is 0 Å². The second-order valence-electron chi connectivity index (χ2n) is 6.26. The Bertz CT molecular complexity index is 397. The minimum atomic E-state index is 0.305. The molecule has 1 aliphatic rings. The largest absolute Gasteiger partial charge is 0.331 e. The van der Waals surface area contributed by atoms with Crippen molar-refractivity contribution in [3.8, 4) is 0 Å². The zero-order valence-electron chi connectivity index (χ0n) is 12.7. The van der Waals surface area contributed by atoms with Crippen molar-refractivity contribution in [3.63, 3.8) is 0 Å². The first-order valence-electron chi connectivity index (χ1n) is 7.53. The van der Waals surface area contributed by atoms with Gasteiger partial charge in [0.05, 0.1) is 18.1 Å². The van der Waals surface area contributed by atoms with Crippen LogP contribution in [0.4, 0.5) is 0 Å². The van der Waals surface area contributed by atoms with E-state index in [1.807, 2.05) is 12.5 Å². The van der Waals surface area contributed by atoms with E-state index in [0.29, 0.717) is 30.6 Å². The van der Waals surface area contributed by atoms with Crippen LogP contribution in [0.25, 0.3) is 0 Å². The lowest BCUT2D eigenvalue weighted by atomic mass is 10.00. The summed E-state index contributed by atoms with van der Waals surface area (Å²) >= 11 is 0. The van der Waals surface area contributed by atoms with Crippen LogP contribution in [0.2, 0.25) is 0 Å². The molecule has 1 fully saturated rings. The summed E-state index contributed by atoms with van der Waals surface area (Å²) in [4.78, 5) is 6.93. The average Bonchev–Trinajstić information content (AvgIpc) is 2.98. The number of aromatic nitrogens is 2. The predicted molar refractivity (Wildman–Crippen MR) is 79.0 cm³/mol. The van der Waals surface area contributed by atoms with Gasteiger partial charge in [-0.05, 0) is 39.2 Å². The molecule has 1 aliphatic heterocycles. The molecule has 1 aromatic rings. The summed E-state index contributed by atoms with van der Waals surface area (Å²) in [6.45, 7) is 10.9. The topological polar surface area (TPSA) is 47.1 Å². The molecule has 108 valence electrons. The van der Waals surface area contributed by atoms with Gasteiger partial charge in [0.1, 0.15) is 0 Å². The van der Waals surface area contributed by atoms with Crippen LogP contribution in [-0.2, 0) is 0 Å². The van der Waals surface area contributed by atoms with Gasteiger partial charge in [0.15, 0.2) is 0 Å². The van der Waals surface area contributed by atoms with E-state index in [1.54, 1.807) is 0 Å². The van der Waals surface area contributed by atoms with Crippen LogP contribution in [0.1, 0.15) is 58.3 Å². The van der Waals surface area contributed by atoms with Gasteiger partial charge in [-0.2, -0.15) is 0 Å². The van der Waals surface area contributed by atoms with Crippen LogP contribution in [0.15, 0.2) is 12.5 Å². The lowest BCUT2D eigenvalue weighted by molar-refractivity contribution is 0.143. The summed E-state index contributed by atoms with van der Waals surface area (Å²) in [5.74, 6) is 0.687. The molecular formula is C15H28N4. The van der Waals surface area contributed by atoms with E-state index in [9.17, 15) is 0 Å². The van der Waals surface area contributed by atoms with Crippen LogP contribution < -0.4 is 5.73 Å². The average molecular weight is 264 g/mol. The van der Waals surface area contributed by atoms with Gasteiger partial charge < -0.3 is 10.3 Å². The molecule has 0 bridgehead atoms. The Balaban J connectivity index is 2.26.